The summed E-state index contributed by atoms with van der Waals surface area (Å²) in [6, 6.07) is -0.0490. The van der Waals surface area contributed by atoms with Crippen LogP contribution in [-0.4, -0.2) is 25.0 Å². The Bertz CT molecular complexity index is 398. The van der Waals surface area contributed by atoms with Gasteiger partial charge in [-0.05, 0) is 12.5 Å². The zero-order valence-electron chi connectivity index (χ0n) is 9.24. The smallest absolute Gasteiger partial charge is 0.335 e. The Hall–Kier alpha value is -1.78. The van der Waals surface area contributed by atoms with Gasteiger partial charge in [-0.3, -0.25) is 4.79 Å². The Morgan fingerprint density at radius 3 is 2.94 bits per heavy atom. The van der Waals surface area contributed by atoms with E-state index in [0.29, 0.717) is 12.0 Å². The SMILES string of the molecule is COC(=O)C1=CNC=C2[C@H]1CC(=O)N[C@H]2C. The number of amides is 1. The highest BCUT2D eigenvalue weighted by atomic mass is 16.5. The second-order valence-corrected chi connectivity index (χ2v) is 3.95. The van der Waals surface area contributed by atoms with E-state index >= 15 is 0 Å². The number of esters is 1. The number of piperidine rings is 1. The van der Waals surface area contributed by atoms with Gasteiger partial charge < -0.3 is 15.4 Å². The maximum atomic E-state index is 11.5. The van der Waals surface area contributed by atoms with Gasteiger partial charge in [0.2, 0.25) is 5.91 Å². The topological polar surface area (TPSA) is 67.4 Å². The Kier molecular flexibility index (Phi) is 2.68. The monoisotopic (exact) mass is 222 g/mol. The average molecular weight is 222 g/mol. The maximum Gasteiger partial charge on any atom is 0.335 e. The molecule has 0 aromatic heterocycles. The molecule has 1 saturated heterocycles. The molecule has 2 aliphatic rings. The summed E-state index contributed by atoms with van der Waals surface area (Å²) in [5, 5.41) is 5.75. The van der Waals surface area contributed by atoms with Gasteiger partial charge in [0.25, 0.3) is 0 Å². The van der Waals surface area contributed by atoms with Crippen molar-refractivity contribution >= 4 is 11.9 Å². The molecule has 2 heterocycles. The third-order valence-electron chi connectivity index (χ3n) is 2.95. The number of hydrogen-bond acceptors (Lipinski definition) is 4. The standard InChI is InChI=1S/C11H14N2O3/c1-6-8-4-12-5-9(11(15)16-2)7(8)3-10(14)13-6/h4-7,12H,3H2,1-2H3,(H,13,14)/t6-,7+/m0/s1. The predicted octanol–water partition coefficient (Wildman–Crippen LogP) is 0.0550. The summed E-state index contributed by atoms with van der Waals surface area (Å²) in [6.07, 6.45) is 3.74. The van der Waals surface area contributed by atoms with E-state index in [9.17, 15) is 9.59 Å². The maximum absolute atomic E-state index is 11.5. The Labute approximate surface area is 93.5 Å². The number of methoxy groups -OCH3 is 1. The van der Waals surface area contributed by atoms with E-state index in [0.717, 1.165) is 5.57 Å². The molecule has 5 nitrogen and oxygen atoms in total. The molecule has 0 unspecified atom stereocenters. The lowest BCUT2D eigenvalue weighted by atomic mass is 9.81. The number of hydrogen-bond donors (Lipinski definition) is 2. The van der Waals surface area contributed by atoms with E-state index in [1.54, 1.807) is 6.20 Å². The molecule has 5 heteroatoms. The number of ether oxygens (including phenoxy) is 1. The van der Waals surface area contributed by atoms with Gasteiger partial charge in [0, 0.05) is 30.8 Å². The third-order valence-corrected chi connectivity index (χ3v) is 2.95. The molecule has 2 atom stereocenters. The van der Waals surface area contributed by atoms with Gasteiger partial charge in [0.15, 0.2) is 0 Å². The molecule has 2 aliphatic heterocycles. The minimum Gasteiger partial charge on any atom is -0.466 e. The van der Waals surface area contributed by atoms with Crippen LogP contribution in [0.1, 0.15) is 13.3 Å². The lowest BCUT2D eigenvalue weighted by Gasteiger charge is -2.33. The number of carbonyl (C=O) groups is 2. The van der Waals surface area contributed by atoms with Crippen LogP contribution in [0, 0.1) is 5.92 Å². The summed E-state index contributed by atoms with van der Waals surface area (Å²) >= 11 is 0. The lowest BCUT2D eigenvalue weighted by Crippen LogP contribution is -2.45. The fourth-order valence-electron chi connectivity index (χ4n) is 2.15. The van der Waals surface area contributed by atoms with Crippen molar-refractivity contribution < 1.29 is 14.3 Å². The number of rotatable bonds is 1. The van der Waals surface area contributed by atoms with Gasteiger partial charge in [-0.15, -0.1) is 0 Å². The Balaban J connectivity index is 2.28. The molecule has 1 fully saturated rings. The van der Waals surface area contributed by atoms with Crippen molar-refractivity contribution in [2.24, 2.45) is 5.92 Å². The minimum atomic E-state index is -0.384. The van der Waals surface area contributed by atoms with Gasteiger partial charge >= 0.3 is 5.97 Å². The lowest BCUT2D eigenvalue weighted by molar-refractivity contribution is -0.136. The quantitative estimate of drug-likeness (QED) is 0.615. The summed E-state index contributed by atoms with van der Waals surface area (Å²) < 4.78 is 4.70. The van der Waals surface area contributed by atoms with Gasteiger partial charge in [0.1, 0.15) is 0 Å². The van der Waals surface area contributed by atoms with Gasteiger partial charge in [-0.25, -0.2) is 4.79 Å². The molecule has 0 aromatic carbocycles. The predicted molar refractivity (Wildman–Crippen MR) is 57.0 cm³/mol. The van der Waals surface area contributed by atoms with E-state index in [4.69, 9.17) is 4.74 Å². The van der Waals surface area contributed by atoms with Crippen molar-refractivity contribution in [1.29, 1.82) is 0 Å². The molecule has 0 bridgehead atoms. The molecule has 0 radical (unpaired) electrons. The summed E-state index contributed by atoms with van der Waals surface area (Å²) in [6.45, 7) is 1.90. The van der Waals surface area contributed by atoms with Crippen LogP contribution in [0.3, 0.4) is 0 Å². The zero-order chi connectivity index (χ0) is 11.7. The van der Waals surface area contributed by atoms with Crippen molar-refractivity contribution in [3.05, 3.63) is 23.5 Å². The van der Waals surface area contributed by atoms with Crippen LogP contribution in [0.5, 0.6) is 0 Å². The van der Waals surface area contributed by atoms with Crippen molar-refractivity contribution in [1.82, 2.24) is 10.6 Å². The van der Waals surface area contributed by atoms with Gasteiger partial charge in [-0.2, -0.15) is 0 Å². The third kappa shape index (κ3) is 1.68. The van der Waals surface area contributed by atoms with Crippen LogP contribution >= 0.6 is 0 Å². The molecule has 0 aliphatic carbocycles. The molecule has 86 valence electrons. The molecule has 1 amide bonds. The van der Waals surface area contributed by atoms with Crippen molar-refractivity contribution in [2.75, 3.05) is 7.11 Å². The van der Waals surface area contributed by atoms with E-state index in [1.807, 2.05) is 13.1 Å². The first-order valence-corrected chi connectivity index (χ1v) is 5.17. The fraction of sp³-hybridized carbons (Fsp3) is 0.455. The number of fused-ring (bicyclic) bond motifs is 1. The highest BCUT2D eigenvalue weighted by Crippen LogP contribution is 2.32. The highest BCUT2D eigenvalue weighted by Gasteiger charge is 2.35. The molecular formula is C11H14N2O3. The largest absolute Gasteiger partial charge is 0.466 e. The van der Waals surface area contributed by atoms with Crippen molar-refractivity contribution in [3.63, 3.8) is 0 Å². The molecule has 2 rings (SSSR count). The molecule has 0 spiro atoms. The molecule has 16 heavy (non-hydrogen) atoms. The summed E-state index contributed by atoms with van der Waals surface area (Å²) in [5.41, 5.74) is 1.53. The second kappa shape index (κ2) is 4.00. The highest BCUT2D eigenvalue weighted by molar-refractivity contribution is 5.92. The van der Waals surface area contributed by atoms with Crippen molar-refractivity contribution in [3.8, 4) is 0 Å². The molecule has 2 N–H and O–H groups in total. The minimum absolute atomic E-state index is 0.0358. The number of nitrogens with one attached hydrogen (secondary N) is 2. The second-order valence-electron chi connectivity index (χ2n) is 3.95. The summed E-state index contributed by atoms with van der Waals surface area (Å²) in [4.78, 5) is 23.0. The van der Waals surface area contributed by atoms with Crippen LogP contribution in [0.25, 0.3) is 0 Å². The van der Waals surface area contributed by atoms with Crippen LogP contribution in [0.15, 0.2) is 23.5 Å². The zero-order valence-corrected chi connectivity index (χ0v) is 9.24. The molecule has 0 saturated carbocycles. The molecular weight excluding hydrogens is 208 g/mol. The summed E-state index contributed by atoms with van der Waals surface area (Å²) in [7, 11) is 1.34. The van der Waals surface area contributed by atoms with Crippen LogP contribution in [0.4, 0.5) is 0 Å². The number of carbonyl (C=O) groups excluding carboxylic acids is 2. The van der Waals surface area contributed by atoms with E-state index in [-0.39, 0.29) is 23.8 Å². The first-order chi connectivity index (χ1) is 7.63. The van der Waals surface area contributed by atoms with Gasteiger partial charge in [0.05, 0.1) is 12.7 Å². The van der Waals surface area contributed by atoms with Crippen LogP contribution in [-0.2, 0) is 14.3 Å². The number of dihydropyridines is 1. The van der Waals surface area contributed by atoms with Gasteiger partial charge in [-0.1, -0.05) is 0 Å². The van der Waals surface area contributed by atoms with E-state index in [2.05, 4.69) is 10.6 Å². The van der Waals surface area contributed by atoms with E-state index < -0.39 is 0 Å². The Morgan fingerprint density at radius 1 is 1.50 bits per heavy atom. The Morgan fingerprint density at radius 2 is 2.25 bits per heavy atom. The first-order valence-electron chi connectivity index (χ1n) is 5.17. The normalized spacial score (nSPS) is 28.0. The fourth-order valence-corrected chi connectivity index (χ4v) is 2.15. The van der Waals surface area contributed by atoms with Crippen LogP contribution < -0.4 is 10.6 Å². The van der Waals surface area contributed by atoms with E-state index in [1.165, 1.54) is 7.11 Å². The average Bonchev–Trinajstić information content (AvgIpc) is 2.27. The molecule has 0 aromatic rings. The van der Waals surface area contributed by atoms with Crippen molar-refractivity contribution in [2.45, 2.75) is 19.4 Å². The van der Waals surface area contributed by atoms with Crippen LogP contribution in [0.2, 0.25) is 0 Å². The summed E-state index contributed by atoms with van der Waals surface area (Å²) in [5.74, 6) is -0.575. The first kappa shape index (κ1) is 10.7.